The molecule has 3 rings (SSSR count). The summed E-state index contributed by atoms with van der Waals surface area (Å²) >= 11 is 13.8. The highest BCUT2D eigenvalue weighted by atomic mass is 35.5. The van der Waals surface area contributed by atoms with Gasteiger partial charge in [-0.15, -0.1) is 11.3 Å². The van der Waals surface area contributed by atoms with E-state index in [1.54, 1.807) is 41.7 Å². The maximum absolute atomic E-state index is 12.4. The highest BCUT2D eigenvalue weighted by Crippen LogP contribution is 2.31. The Labute approximate surface area is 160 Å². The van der Waals surface area contributed by atoms with E-state index in [4.69, 9.17) is 23.2 Å². The first-order valence-electron chi connectivity index (χ1n) is 7.81. The minimum Gasteiger partial charge on any atom is -0.321 e. The maximum atomic E-state index is 12.4. The van der Waals surface area contributed by atoms with Gasteiger partial charge < -0.3 is 5.32 Å². The molecule has 128 valence electrons. The van der Waals surface area contributed by atoms with E-state index in [9.17, 15) is 4.79 Å². The van der Waals surface area contributed by atoms with Crippen molar-refractivity contribution in [2.75, 3.05) is 5.32 Å². The molecule has 0 fully saturated rings. The molecule has 0 saturated carbocycles. The summed E-state index contributed by atoms with van der Waals surface area (Å²) in [5, 5.41) is 4.57. The SMILES string of the molecule is CCc1sc(C)nc1-c1ccc(C(=O)Nc2cccc(Cl)c2Cl)cc1. The number of thiazole rings is 1. The van der Waals surface area contributed by atoms with Crippen molar-refractivity contribution in [2.24, 2.45) is 0 Å². The Balaban J connectivity index is 1.82. The van der Waals surface area contributed by atoms with Crippen LogP contribution in [-0.2, 0) is 6.42 Å². The lowest BCUT2D eigenvalue weighted by Crippen LogP contribution is -2.12. The molecule has 2 aromatic carbocycles. The zero-order valence-electron chi connectivity index (χ0n) is 13.8. The average Bonchev–Trinajstić information content (AvgIpc) is 3.00. The Morgan fingerprint density at radius 3 is 2.56 bits per heavy atom. The van der Waals surface area contributed by atoms with Gasteiger partial charge in [0, 0.05) is 16.0 Å². The zero-order valence-corrected chi connectivity index (χ0v) is 16.1. The van der Waals surface area contributed by atoms with Crippen LogP contribution in [0.4, 0.5) is 5.69 Å². The van der Waals surface area contributed by atoms with E-state index in [2.05, 4.69) is 17.2 Å². The van der Waals surface area contributed by atoms with Gasteiger partial charge in [0.05, 0.1) is 26.4 Å². The van der Waals surface area contributed by atoms with Crippen molar-refractivity contribution in [3.05, 3.63) is 68.0 Å². The lowest BCUT2D eigenvalue weighted by Gasteiger charge is -2.09. The fourth-order valence-electron chi connectivity index (χ4n) is 2.51. The Morgan fingerprint density at radius 2 is 1.88 bits per heavy atom. The molecule has 25 heavy (non-hydrogen) atoms. The van der Waals surface area contributed by atoms with Crippen LogP contribution >= 0.6 is 34.5 Å². The summed E-state index contributed by atoms with van der Waals surface area (Å²) in [6.45, 7) is 4.12. The van der Waals surface area contributed by atoms with Gasteiger partial charge in [0.25, 0.3) is 5.91 Å². The van der Waals surface area contributed by atoms with Crippen LogP contribution in [0.15, 0.2) is 42.5 Å². The molecule has 3 aromatic rings. The van der Waals surface area contributed by atoms with Crippen molar-refractivity contribution in [2.45, 2.75) is 20.3 Å². The van der Waals surface area contributed by atoms with Crippen LogP contribution < -0.4 is 5.32 Å². The summed E-state index contributed by atoms with van der Waals surface area (Å²) in [5.74, 6) is -0.235. The number of nitrogens with zero attached hydrogens (tertiary/aromatic N) is 1. The van der Waals surface area contributed by atoms with E-state index >= 15 is 0 Å². The predicted molar refractivity (Wildman–Crippen MR) is 106 cm³/mol. The van der Waals surface area contributed by atoms with Gasteiger partial charge in [-0.05, 0) is 37.6 Å². The number of rotatable bonds is 4. The molecule has 0 aliphatic heterocycles. The minimum absolute atomic E-state index is 0.235. The number of anilines is 1. The van der Waals surface area contributed by atoms with Crippen molar-refractivity contribution in [3.8, 4) is 11.3 Å². The second kappa shape index (κ2) is 7.56. The number of aryl methyl sites for hydroxylation is 2. The molecule has 0 unspecified atom stereocenters. The van der Waals surface area contributed by atoms with Crippen molar-refractivity contribution >= 4 is 46.1 Å². The Bertz CT molecular complexity index is 920. The molecular formula is C19H16Cl2N2OS. The summed E-state index contributed by atoms with van der Waals surface area (Å²) in [4.78, 5) is 18.3. The van der Waals surface area contributed by atoms with E-state index in [0.29, 0.717) is 21.3 Å². The minimum atomic E-state index is -0.235. The summed E-state index contributed by atoms with van der Waals surface area (Å²) < 4.78 is 0. The molecule has 1 aromatic heterocycles. The van der Waals surface area contributed by atoms with Crippen molar-refractivity contribution in [1.82, 2.24) is 4.98 Å². The van der Waals surface area contributed by atoms with Crippen LogP contribution in [0.2, 0.25) is 10.0 Å². The number of carbonyl (C=O) groups is 1. The molecular weight excluding hydrogens is 375 g/mol. The number of amides is 1. The predicted octanol–water partition coefficient (Wildman–Crippen LogP) is 6.24. The van der Waals surface area contributed by atoms with Gasteiger partial charge in [0.2, 0.25) is 0 Å². The summed E-state index contributed by atoms with van der Waals surface area (Å²) in [6, 6.07) is 12.5. The Hall–Kier alpha value is -1.88. The topological polar surface area (TPSA) is 42.0 Å². The highest BCUT2D eigenvalue weighted by Gasteiger charge is 2.13. The molecule has 0 aliphatic rings. The summed E-state index contributed by atoms with van der Waals surface area (Å²) in [5.41, 5.74) is 3.05. The number of halogens is 2. The first-order chi connectivity index (χ1) is 12.0. The van der Waals surface area contributed by atoms with E-state index < -0.39 is 0 Å². The van der Waals surface area contributed by atoms with E-state index in [-0.39, 0.29) is 5.91 Å². The smallest absolute Gasteiger partial charge is 0.255 e. The highest BCUT2D eigenvalue weighted by molar-refractivity contribution is 7.12. The fourth-order valence-corrected chi connectivity index (χ4v) is 3.75. The number of carbonyl (C=O) groups excluding carboxylic acids is 1. The fraction of sp³-hybridized carbons (Fsp3) is 0.158. The Morgan fingerprint density at radius 1 is 1.16 bits per heavy atom. The third-order valence-electron chi connectivity index (χ3n) is 3.75. The third kappa shape index (κ3) is 3.87. The largest absolute Gasteiger partial charge is 0.321 e. The van der Waals surface area contributed by atoms with E-state index in [0.717, 1.165) is 22.7 Å². The van der Waals surface area contributed by atoms with Gasteiger partial charge in [0.1, 0.15) is 0 Å². The maximum Gasteiger partial charge on any atom is 0.255 e. The van der Waals surface area contributed by atoms with E-state index in [1.807, 2.05) is 19.1 Å². The Kier molecular flexibility index (Phi) is 5.42. The third-order valence-corrected chi connectivity index (χ3v) is 5.68. The quantitative estimate of drug-likeness (QED) is 0.572. The number of nitrogens with one attached hydrogen (secondary N) is 1. The second-order valence-electron chi connectivity index (χ2n) is 5.49. The molecule has 0 atom stereocenters. The van der Waals surface area contributed by atoms with Crippen LogP contribution in [0.5, 0.6) is 0 Å². The van der Waals surface area contributed by atoms with Crippen molar-refractivity contribution < 1.29 is 4.79 Å². The normalized spacial score (nSPS) is 10.7. The van der Waals surface area contributed by atoms with Crippen molar-refractivity contribution in [3.63, 3.8) is 0 Å². The van der Waals surface area contributed by atoms with Gasteiger partial charge in [-0.3, -0.25) is 4.79 Å². The van der Waals surface area contributed by atoms with Crippen LogP contribution in [0.3, 0.4) is 0 Å². The molecule has 1 amide bonds. The molecule has 1 N–H and O–H groups in total. The molecule has 0 aliphatic carbocycles. The first kappa shape index (κ1) is 17.9. The molecule has 0 bridgehead atoms. The molecule has 6 heteroatoms. The molecule has 3 nitrogen and oxygen atoms in total. The lowest BCUT2D eigenvalue weighted by atomic mass is 10.1. The molecule has 1 heterocycles. The second-order valence-corrected chi connectivity index (χ2v) is 7.56. The number of hydrogen-bond acceptors (Lipinski definition) is 3. The van der Waals surface area contributed by atoms with Gasteiger partial charge in [-0.25, -0.2) is 4.98 Å². The molecule has 0 saturated heterocycles. The summed E-state index contributed by atoms with van der Waals surface area (Å²) in [7, 11) is 0. The average molecular weight is 391 g/mol. The van der Waals surface area contributed by atoms with Gasteiger partial charge in [0.15, 0.2) is 0 Å². The van der Waals surface area contributed by atoms with Crippen molar-refractivity contribution in [1.29, 1.82) is 0 Å². The van der Waals surface area contributed by atoms with Crippen LogP contribution in [0.1, 0.15) is 27.2 Å². The zero-order chi connectivity index (χ0) is 18.0. The number of benzene rings is 2. The first-order valence-corrected chi connectivity index (χ1v) is 9.39. The molecule has 0 radical (unpaired) electrons. The van der Waals surface area contributed by atoms with Crippen LogP contribution in [-0.4, -0.2) is 10.9 Å². The van der Waals surface area contributed by atoms with Crippen LogP contribution in [0, 0.1) is 6.92 Å². The monoisotopic (exact) mass is 390 g/mol. The standard InChI is InChI=1S/C19H16Cl2N2OS/c1-3-16-18(22-11(2)25-16)12-7-9-13(10-8-12)19(24)23-15-6-4-5-14(20)17(15)21/h4-10H,3H2,1-2H3,(H,23,24). The number of hydrogen-bond donors (Lipinski definition) is 1. The van der Waals surface area contributed by atoms with Crippen LogP contribution in [0.25, 0.3) is 11.3 Å². The van der Waals surface area contributed by atoms with Gasteiger partial charge >= 0.3 is 0 Å². The van der Waals surface area contributed by atoms with Gasteiger partial charge in [-0.1, -0.05) is 48.3 Å². The molecule has 0 spiro atoms. The van der Waals surface area contributed by atoms with Gasteiger partial charge in [-0.2, -0.15) is 0 Å². The lowest BCUT2D eigenvalue weighted by molar-refractivity contribution is 0.102. The number of aromatic nitrogens is 1. The summed E-state index contributed by atoms with van der Waals surface area (Å²) in [6.07, 6.45) is 0.941. The van der Waals surface area contributed by atoms with E-state index in [1.165, 1.54) is 4.88 Å².